The highest BCUT2D eigenvalue weighted by Gasteiger charge is 2.34. The van der Waals surface area contributed by atoms with Gasteiger partial charge in [-0.2, -0.15) is 0 Å². The van der Waals surface area contributed by atoms with Crippen LogP contribution in [0.4, 0.5) is 5.69 Å². The van der Waals surface area contributed by atoms with Crippen LogP contribution in [0, 0.1) is 0 Å². The largest absolute Gasteiger partial charge is 0.306 e. The summed E-state index contributed by atoms with van der Waals surface area (Å²) in [6.07, 6.45) is 12.4. The van der Waals surface area contributed by atoms with E-state index < -0.39 is 0 Å². The first-order valence-corrected chi connectivity index (χ1v) is 10.2. The molecule has 0 saturated carbocycles. The van der Waals surface area contributed by atoms with E-state index in [1.165, 1.54) is 66.9 Å². The van der Waals surface area contributed by atoms with Crippen LogP contribution in [0.5, 0.6) is 0 Å². The van der Waals surface area contributed by atoms with Gasteiger partial charge >= 0.3 is 0 Å². The summed E-state index contributed by atoms with van der Waals surface area (Å²) >= 11 is 0. The molecule has 0 amide bonds. The lowest BCUT2D eigenvalue weighted by atomic mass is 9.86. The van der Waals surface area contributed by atoms with Crippen molar-refractivity contribution < 1.29 is 0 Å². The average Bonchev–Trinajstić information content (AvgIpc) is 3.39. The van der Waals surface area contributed by atoms with E-state index in [0.29, 0.717) is 5.92 Å². The second-order valence-electron chi connectivity index (χ2n) is 8.22. The van der Waals surface area contributed by atoms with E-state index in [4.69, 9.17) is 4.99 Å². The summed E-state index contributed by atoms with van der Waals surface area (Å²) in [5.74, 6) is 0.549. The summed E-state index contributed by atoms with van der Waals surface area (Å²) in [6.45, 7) is 2.56. The molecule has 0 radical (unpaired) electrons. The zero-order valence-electron chi connectivity index (χ0n) is 15.5. The summed E-state index contributed by atoms with van der Waals surface area (Å²) in [5.41, 5.74) is 7.53. The predicted molar refractivity (Wildman–Crippen MR) is 109 cm³/mol. The molecule has 4 nitrogen and oxygen atoms in total. The second kappa shape index (κ2) is 6.03. The number of rotatable bonds is 1. The van der Waals surface area contributed by atoms with Gasteiger partial charge in [0, 0.05) is 42.7 Å². The quantitative estimate of drug-likeness (QED) is 0.626. The molecule has 0 bridgehead atoms. The molecule has 0 spiro atoms. The molecule has 2 unspecified atom stereocenters. The molecular formula is C23H24N4. The topological polar surface area (TPSA) is 32.9 Å². The van der Waals surface area contributed by atoms with Gasteiger partial charge in [0.25, 0.3) is 0 Å². The molecule has 3 aromatic rings. The molecule has 2 saturated heterocycles. The Bertz CT molecular complexity index is 1050. The van der Waals surface area contributed by atoms with E-state index in [1.54, 1.807) is 0 Å². The summed E-state index contributed by atoms with van der Waals surface area (Å²) in [5, 5.41) is 0. The van der Waals surface area contributed by atoms with Gasteiger partial charge in [0.2, 0.25) is 0 Å². The van der Waals surface area contributed by atoms with Crippen molar-refractivity contribution >= 4 is 17.0 Å². The van der Waals surface area contributed by atoms with E-state index in [2.05, 4.69) is 50.8 Å². The number of hydrogen-bond donors (Lipinski definition) is 0. The Hall–Kier alpha value is -2.46. The van der Waals surface area contributed by atoms with Crippen molar-refractivity contribution in [2.45, 2.75) is 44.1 Å². The maximum Gasteiger partial charge on any atom is 0.136 e. The van der Waals surface area contributed by atoms with Crippen LogP contribution in [0.2, 0.25) is 0 Å². The zero-order valence-corrected chi connectivity index (χ0v) is 15.5. The lowest BCUT2D eigenvalue weighted by Gasteiger charge is -2.29. The molecule has 6 rings (SSSR count). The van der Waals surface area contributed by atoms with E-state index in [-0.39, 0.29) is 0 Å². The van der Waals surface area contributed by atoms with Gasteiger partial charge < -0.3 is 9.30 Å². The van der Waals surface area contributed by atoms with Crippen molar-refractivity contribution in [3.8, 4) is 11.1 Å². The molecule has 2 fully saturated rings. The van der Waals surface area contributed by atoms with Crippen LogP contribution in [0.15, 0.2) is 53.9 Å². The van der Waals surface area contributed by atoms with E-state index >= 15 is 0 Å². The van der Waals surface area contributed by atoms with Gasteiger partial charge in [-0.05, 0) is 73.7 Å². The standard InChI is InChI=1S/C23H24N4/c1-3-18-14-22-19(4-2-11-26(18)10-1)20-7-5-16(13-21(20)25-22)17-6-8-23-24-9-12-27(23)15-17/h5-9,12-13,15,18-19H,1-4,10-11,14H2. The summed E-state index contributed by atoms with van der Waals surface area (Å²) < 4.78 is 2.08. The third-order valence-corrected chi connectivity index (χ3v) is 6.68. The van der Waals surface area contributed by atoms with Crippen LogP contribution in [0.3, 0.4) is 0 Å². The number of aromatic nitrogens is 2. The van der Waals surface area contributed by atoms with E-state index in [0.717, 1.165) is 18.1 Å². The van der Waals surface area contributed by atoms with Crippen molar-refractivity contribution in [1.29, 1.82) is 0 Å². The van der Waals surface area contributed by atoms with Crippen LogP contribution >= 0.6 is 0 Å². The maximum absolute atomic E-state index is 5.15. The van der Waals surface area contributed by atoms with Crippen molar-refractivity contribution in [3.63, 3.8) is 0 Å². The molecule has 3 aliphatic rings. The lowest BCUT2D eigenvalue weighted by molar-refractivity contribution is 0.246. The number of benzene rings is 1. The van der Waals surface area contributed by atoms with Gasteiger partial charge in [0.05, 0.1) is 5.69 Å². The monoisotopic (exact) mass is 356 g/mol. The van der Waals surface area contributed by atoms with Gasteiger partial charge in [0.15, 0.2) is 0 Å². The first-order chi connectivity index (χ1) is 13.3. The molecule has 136 valence electrons. The second-order valence-corrected chi connectivity index (χ2v) is 8.22. The van der Waals surface area contributed by atoms with Crippen LogP contribution in [-0.2, 0) is 0 Å². The molecule has 2 aromatic heterocycles. The molecule has 5 heterocycles. The highest BCUT2D eigenvalue weighted by molar-refractivity contribution is 5.99. The molecule has 4 heteroatoms. The van der Waals surface area contributed by atoms with Gasteiger partial charge in [0.1, 0.15) is 5.65 Å². The van der Waals surface area contributed by atoms with Gasteiger partial charge in [-0.25, -0.2) is 4.98 Å². The minimum absolute atomic E-state index is 0.549. The van der Waals surface area contributed by atoms with Crippen molar-refractivity contribution in [3.05, 3.63) is 54.5 Å². The Morgan fingerprint density at radius 3 is 2.81 bits per heavy atom. The average molecular weight is 356 g/mol. The summed E-state index contributed by atoms with van der Waals surface area (Å²) in [6, 6.07) is 11.9. The summed E-state index contributed by atoms with van der Waals surface area (Å²) in [7, 11) is 0. The molecule has 27 heavy (non-hydrogen) atoms. The smallest absolute Gasteiger partial charge is 0.136 e. The minimum Gasteiger partial charge on any atom is -0.306 e. The molecule has 0 N–H and O–H groups in total. The number of nitrogens with zero attached hydrogens (tertiary/aromatic N) is 4. The summed E-state index contributed by atoms with van der Waals surface area (Å²) in [4.78, 5) is 12.2. The third kappa shape index (κ3) is 2.54. The highest BCUT2D eigenvalue weighted by Crippen LogP contribution is 2.43. The Balaban J connectivity index is 1.37. The first-order valence-electron chi connectivity index (χ1n) is 10.2. The molecule has 0 aliphatic carbocycles. The molecule has 2 atom stereocenters. The first kappa shape index (κ1) is 15.6. The number of imidazole rings is 1. The number of hydrogen-bond acceptors (Lipinski definition) is 3. The molecular weight excluding hydrogens is 332 g/mol. The Kier molecular flexibility index (Phi) is 3.48. The van der Waals surface area contributed by atoms with Crippen LogP contribution < -0.4 is 0 Å². The molecule has 1 aromatic carbocycles. The van der Waals surface area contributed by atoms with E-state index in [9.17, 15) is 0 Å². The van der Waals surface area contributed by atoms with Crippen LogP contribution in [0.1, 0.15) is 43.6 Å². The highest BCUT2D eigenvalue weighted by atomic mass is 15.2. The Morgan fingerprint density at radius 2 is 1.85 bits per heavy atom. The Morgan fingerprint density at radius 1 is 0.963 bits per heavy atom. The third-order valence-electron chi connectivity index (χ3n) is 6.68. The van der Waals surface area contributed by atoms with Crippen molar-refractivity contribution in [2.75, 3.05) is 13.1 Å². The fourth-order valence-electron chi connectivity index (χ4n) is 5.29. The zero-order chi connectivity index (χ0) is 17.8. The van der Waals surface area contributed by atoms with Gasteiger partial charge in [-0.1, -0.05) is 12.1 Å². The number of pyridine rings is 1. The van der Waals surface area contributed by atoms with Gasteiger partial charge in [-0.3, -0.25) is 4.99 Å². The number of fused-ring (bicyclic) bond motifs is 5. The van der Waals surface area contributed by atoms with Crippen molar-refractivity contribution in [1.82, 2.24) is 14.3 Å². The fourth-order valence-corrected chi connectivity index (χ4v) is 5.29. The Labute approximate surface area is 159 Å². The minimum atomic E-state index is 0.549. The normalized spacial score (nSPS) is 24.8. The van der Waals surface area contributed by atoms with Crippen molar-refractivity contribution in [2.24, 2.45) is 4.99 Å². The van der Waals surface area contributed by atoms with E-state index in [1.807, 2.05) is 12.4 Å². The van der Waals surface area contributed by atoms with Gasteiger partial charge in [-0.15, -0.1) is 0 Å². The molecule has 3 aliphatic heterocycles. The van der Waals surface area contributed by atoms with Crippen LogP contribution in [-0.4, -0.2) is 39.1 Å². The lowest BCUT2D eigenvalue weighted by Crippen LogP contribution is -2.35. The predicted octanol–water partition coefficient (Wildman–Crippen LogP) is 4.82. The maximum atomic E-state index is 5.15. The number of aliphatic imine (C=N–C) groups is 1. The fraction of sp³-hybridized carbons (Fsp3) is 0.391. The van der Waals surface area contributed by atoms with Crippen LogP contribution in [0.25, 0.3) is 16.8 Å². The SMILES string of the molecule is c1cn2cc(-c3ccc4c(c3)N=C3CC5CCCN5CCCC34)ccc2n1.